The lowest BCUT2D eigenvalue weighted by Gasteiger charge is -2.40. The van der Waals surface area contributed by atoms with Crippen LogP contribution >= 0.6 is 0 Å². The monoisotopic (exact) mass is 320 g/mol. The predicted octanol–water partition coefficient (Wildman–Crippen LogP) is 3.56. The van der Waals surface area contributed by atoms with Crippen molar-refractivity contribution in [3.05, 3.63) is 36.0 Å². The number of nitrogens with zero attached hydrogens (tertiary/aromatic N) is 4. The smallest absolute Gasteiger partial charge is 0.103 e. The molecule has 4 nitrogen and oxygen atoms in total. The number of fused-ring (bicyclic) bond motifs is 1. The molecule has 1 aromatic heterocycles. The van der Waals surface area contributed by atoms with E-state index < -0.39 is 0 Å². The van der Waals surface area contributed by atoms with Gasteiger partial charge in [0.1, 0.15) is 6.07 Å². The molecule has 0 radical (unpaired) electrons. The molecule has 0 aliphatic carbocycles. The molecule has 0 amide bonds. The molecule has 24 heavy (non-hydrogen) atoms. The van der Waals surface area contributed by atoms with Gasteiger partial charge in [0.25, 0.3) is 0 Å². The number of aromatic nitrogens is 1. The molecule has 2 aliphatic heterocycles. The van der Waals surface area contributed by atoms with Crippen molar-refractivity contribution >= 4 is 16.6 Å². The molecule has 1 atom stereocenters. The first-order valence-corrected chi connectivity index (χ1v) is 9.06. The van der Waals surface area contributed by atoms with Crippen LogP contribution in [0.5, 0.6) is 0 Å². The van der Waals surface area contributed by atoms with E-state index in [1.807, 2.05) is 18.2 Å². The second kappa shape index (κ2) is 6.41. The summed E-state index contributed by atoms with van der Waals surface area (Å²) in [6, 6.07) is 11.9. The lowest BCUT2D eigenvalue weighted by molar-refractivity contribution is 0.163. The summed E-state index contributed by atoms with van der Waals surface area (Å²) >= 11 is 0. The van der Waals surface area contributed by atoms with Crippen LogP contribution in [0.25, 0.3) is 10.9 Å². The minimum absolute atomic E-state index is 0.696. The third kappa shape index (κ3) is 2.63. The zero-order valence-corrected chi connectivity index (χ0v) is 14.3. The van der Waals surface area contributed by atoms with E-state index in [1.165, 1.54) is 32.2 Å². The Morgan fingerprint density at radius 2 is 1.92 bits per heavy atom. The van der Waals surface area contributed by atoms with Crippen molar-refractivity contribution in [3.8, 4) is 6.07 Å². The zero-order valence-electron chi connectivity index (χ0n) is 14.3. The van der Waals surface area contributed by atoms with Gasteiger partial charge >= 0.3 is 0 Å². The number of pyridine rings is 1. The number of hydrogen-bond acceptors (Lipinski definition) is 4. The first kappa shape index (κ1) is 15.4. The standard InChI is InChI=1S/C20H24N4/c1-15-5-4-10-24(15)17-8-11-23(12-9-17)20-16(13-21)14-22-19-7-3-2-6-18(19)20/h2-3,6-7,14-15,17H,4-5,8-12H2,1H3. The Balaban J connectivity index is 1.59. The van der Waals surface area contributed by atoms with Gasteiger partial charge in [0, 0.05) is 36.8 Å². The summed E-state index contributed by atoms with van der Waals surface area (Å²) in [4.78, 5) is 9.54. The van der Waals surface area contributed by atoms with E-state index in [0.29, 0.717) is 11.6 Å². The van der Waals surface area contributed by atoms with E-state index in [-0.39, 0.29) is 0 Å². The lowest BCUT2D eigenvalue weighted by atomic mass is 10.00. The second-order valence-corrected chi connectivity index (χ2v) is 7.10. The van der Waals surface area contributed by atoms with Gasteiger partial charge in [0.15, 0.2) is 0 Å². The number of likely N-dealkylation sites (tertiary alicyclic amines) is 1. The van der Waals surface area contributed by atoms with Gasteiger partial charge in [0.2, 0.25) is 0 Å². The summed E-state index contributed by atoms with van der Waals surface area (Å²) in [5.74, 6) is 0. The number of benzene rings is 1. The Kier molecular flexibility index (Phi) is 4.12. The van der Waals surface area contributed by atoms with Crippen molar-refractivity contribution in [3.63, 3.8) is 0 Å². The quantitative estimate of drug-likeness (QED) is 0.848. The molecule has 0 saturated carbocycles. The van der Waals surface area contributed by atoms with Gasteiger partial charge in [0.05, 0.1) is 16.8 Å². The number of piperidine rings is 1. The Morgan fingerprint density at radius 3 is 2.62 bits per heavy atom. The molecule has 4 heteroatoms. The Labute approximate surface area is 143 Å². The molecular weight excluding hydrogens is 296 g/mol. The minimum atomic E-state index is 0.696. The van der Waals surface area contributed by atoms with Crippen LogP contribution in [0.1, 0.15) is 38.2 Å². The normalized spacial score (nSPS) is 22.8. The Hall–Kier alpha value is -2.12. The highest BCUT2D eigenvalue weighted by molar-refractivity contribution is 5.94. The van der Waals surface area contributed by atoms with Crippen molar-refractivity contribution in [2.75, 3.05) is 24.5 Å². The fourth-order valence-electron chi connectivity index (χ4n) is 4.47. The van der Waals surface area contributed by atoms with Gasteiger partial charge in [-0.15, -0.1) is 0 Å². The van der Waals surface area contributed by atoms with Gasteiger partial charge in [-0.1, -0.05) is 18.2 Å². The minimum Gasteiger partial charge on any atom is -0.370 e. The van der Waals surface area contributed by atoms with Gasteiger partial charge < -0.3 is 4.90 Å². The molecule has 4 rings (SSSR count). The fraction of sp³-hybridized carbons (Fsp3) is 0.500. The topological polar surface area (TPSA) is 43.2 Å². The van der Waals surface area contributed by atoms with Crippen molar-refractivity contribution in [1.82, 2.24) is 9.88 Å². The molecule has 3 heterocycles. The number of anilines is 1. The van der Waals surface area contributed by atoms with E-state index in [4.69, 9.17) is 0 Å². The van der Waals surface area contributed by atoms with E-state index in [9.17, 15) is 5.26 Å². The number of para-hydroxylation sites is 1. The third-order valence-corrected chi connectivity index (χ3v) is 5.72. The van der Waals surface area contributed by atoms with Crippen LogP contribution < -0.4 is 4.90 Å². The summed E-state index contributed by atoms with van der Waals surface area (Å²) in [6.07, 6.45) is 6.78. The highest BCUT2D eigenvalue weighted by atomic mass is 15.2. The molecule has 0 N–H and O–H groups in total. The van der Waals surface area contributed by atoms with Crippen molar-refractivity contribution < 1.29 is 0 Å². The SMILES string of the molecule is CC1CCCN1C1CCN(c2c(C#N)cnc3ccccc23)CC1. The highest BCUT2D eigenvalue weighted by Gasteiger charge is 2.31. The molecule has 0 bridgehead atoms. The Bertz CT molecular complexity index is 771. The van der Waals surface area contributed by atoms with Crippen LogP contribution in [0.4, 0.5) is 5.69 Å². The van der Waals surface area contributed by atoms with Gasteiger partial charge in [-0.3, -0.25) is 9.88 Å². The van der Waals surface area contributed by atoms with E-state index >= 15 is 0 Å². The molecule has 1 aromatic carbocycles. The number of rotatable bonds is 2. The maximum absolute atomic E-state index is 9.54. The number of hydrogen-bond donors (Lipinski definition) is 0. The molecule has 2 fully saturated rings. The molecule has 2 aliphatic rings. The summed E-state index contributed by atoms with van der Waals surface area (Å²) in [6.45, 7) is 5.67. The maximum atomic E-state index is 9.54. The zero-order chi connectivity index (χ0) is 16.5. The summed E-state index contributed by atoms with van der Waals surface area (Å²) in [7, 11) is 0. The maximum Gasteiger partial charge on any atom is 0.103 e. The van der Waals surface area contributed by atoms with Crippen molar-refractivity contribution in [2.24, 2.45) is 0 Å². The van der Waals surface area contributed by atoms with Gasteiger partial charge in [-0.25, -0.2) is 0 Å². The second-order valence-electron chi connectivity index (χ2n) is 7.10. The first-order valence-electron chi connectivity index (χ1n) is 9.06. The molecule has 124 valence electrons. The summed E-state index contributed by atoms with van der Waals surface area (Å²) in [5.41, 5.74) is 2.75. The third-order valence-electron chi connectivity index (χ3n) is 5.72. The first-order chi connectivity index (χ1) is 11.8. The highest BCUT2D eigenvalue weighted by Crippen LogP contribution is 2.33. The predicted molar refractivity (Wildman–Crippen MR) is 97.1 cm³/mol. The molecular formula is C20H24N4. The average Bonchev–Trinajstić information content (AvgIpc) is 3.07. The fourth-order valence-corrected chi connectivity index (χ4v) is 4.47. The summed E-state index contributed by atoms with van der Waals surface area (Å²) < 4.78 is 0. The van der Waals surface area contributed by atoms with E-state index in [0.717, 1.165) is 35.7 Å². The van der Waals surface area contributed by atoms with Crippen LogP contribution in [0.15, 0.2) is 30.5 Å². The van der Waals surface area contributed by atoms with Crippen molar-refractivity contribution in [2.45, 2.75) is 44.7 Å². The van der Waals surface area contributed by atoms with E-state index in [1.54, 1.807) is 6.20 Å². The van der Waals surface area contributed by atoms with Crippen LogP contribution in [0.2, 0.25) is 0 Å². The molecule has 2 aromatic rings. The van der Waals surface area contributed by atoms with Crippen LogP contribution in [-0.2, 0) is 0 Å². The van der Waals surface area contributed by atoms with E-state index in [2.05, 4.69) is 33.8 Å². The van der Waals surface area contributed by atoms with Crippen LogP contribution in [0.3, 0.4) is 0 Å². The lowest BCUT2D eigenvalue weighted by Crippen LogP contribution is -2.46. The number of nitriles is 1. The Morgan fingerprint density at radius 1 is 1.12 bits per heavy atom. The van der Waals surface area contributed by atoms with Gasteiger partial charge in [-0.2, -0.15) is 5.26 Å². The molecule has 2 saturated heterocycles. The molecule has 0 spiro atoms. The van der Waals surface area contributed by atoms with Crippen LogP contribution in [0, 0.1) is 11.3 Å². The van der Waals surface area contributed by atoms with Gasteiger partial charge in [-0.05, 0) is 45.2 Å². The summed E-state index contributed by atoms with van der Waals surface area (Å²) in [5, 5.41) is 10.6. The van der Waals surface area contributed by atoms with Crippen molar-refractivity contribution in [1.29, 1.82) is 5.26 Å². The van der Waals surface area contributed by atoms with Crippen LogP contribution in [-0.4, -0.2) is 41.6 Å². The molecule has 1 unspecified atom stereocenters. The average molecular weight is 320 g/mol. The largest absolute Gasteiger partial charge is 0.370 e.